The van der Waals surface area contributed by atoms with Crippen LogP contribution in [-0.4, -0.2) is 0 Å². The Balaban J connectivity index is 2.33. The van der Waals surface area contributed by atoms with Crippen molar-refractivity contribution in [1.82, 2.24) is 0 Å². The fraction of sp³-hybridized carbons (Fsp3) is 0.0625. The zero-order valence-electron chi connectivity index (χ0n) is 11.1. The Hall–Kier alpha value is -2.76. The predicted octanol–water partition coefficient (Wildman–Crippen LogP) is 4.06. The number of anilines is 1. The molecule has 6 heteroatoms. The van der Waals surface area contributed by atoms with Crippen LogP contribution < -0.4 is 11.2 Å². The standard InChI is InChI=1S/C16H10F3NO2/c17-16(18,19)11-6-2-1-4-9(11)14-8-13(21)10-5-3-7-12(20)15(10)22-14/h1-8H,20H2. The number of hydrogen-bond acceptors (Lipinski definition) is 3. The highest BCUT2D eigenvalue weighted by atomic mass is 19.4. The van der Waals surface area contributed by atoms with Crippen molar-refractivity contribution in [3.05, 3.63) is 64.3 Å². The number of alkyl halides is 3. The van der Waals surface area contributed by atoms with E-state index in [1.165, 1.54) is 30.3 Å². The average molecular weight is 305 g/mol. The van der Waals surface area contributed by atoms with E-state index >= 15 is 0 Å². The number of nitrogens with two attached hydrogens (primary N) is 1. The topological polar surface area (TPSA) is 56.2 Å². The first-order chi connectivity index (χ1) is 10.4. The van der Waals surface area contributed by atoms with Crippen molar-refractivity contribution in [1.29, 1.82) is 0 Å². The Morgan fingerprint density at radius 1 is 1.00 bits per heavy atom. The Labute approximate surface area is 122 Å². The lowest BCUT2D eigenvalue weighted by atomic mass is 10.0. The van der Waals surface area contributed by atoms with Crippen LogP contribution in [0, 0.1) is 0 Å². The Bertz CT molecular complexity index is 913. The smallest absolute Gasteiger partial charge is 0.417 e. The second-order valence-corrected chi connectivity index (χ2v) is 4.74. The first-order valence-corrected chi connectivity index (χ1v) is 6.37. The van der Waals surface area contributed by atoms with Gasteiger partial charge < -0.3 is 10.2 Å². The minimum atomic E-state index is -4.55. The number of fused-ring (bicyclic) bond motifs is 1. The van der Waals surface area contributed by atoms with E-state index in [2.05, 4.69) is 0 Å². The minimum absolute atomic E-state index is 0.0852. The second kappa shape index (κ2) is 4.91. The van der Waals surface area contributed by atoms with Crippen LogP contribution >= 0.6 is 0 Å². The van der Waals surface area contributed by atoms with E-state index in [9.17, 15) is 18.0 Å². The van der Waals surface area contributed by atoms with E-state index in [1.54, 1.807) is 6.07 Å². The van der Waals surface area contributed by atoms with E-state index in [4.69, 9.17) is 10.2 Å². The van der Waals surface area contributed by atoms with E-state index in [0.29, 0.717) is 0 Å². The summed E-state index contributed by atoms with van der Waals surface area (Å²) in [6.07, 6.45) is -4.55. The molecule has 0 saturated carbocycles. The summed E-state index contributed by atoms with van der Waals surface area (Å²) in [5.74, 6) is -0.164. The third kappa shape index (κ3) is 2.32. The molecule has 0 atom stereocenters. The number of nitrogen functional groups attached to an aromatic ring is 1. The fourth-order valence-electron chi connectivity index (χ4n) is 2.28. The van der Waals surface area contributed by atoms with Crippen molar-refractivity contribution in [2.24, 2.45) is 0 Å². The van der Waals surface area contributed by atoms with Gasteiger partial charge in [0, 0.05) is 11.6 Å². The monoisotopic (exact) mass is 305 g/mol. The van der Waals surface area contributed by atoms with Crippen LogP contribution in [-0.2, 0) is 6.18 Å². The van der Waals surface area contributed by atoms with Gasteiger partial charge in [-0.05, 0) is 18.2 Å². The lowest BCUT2D eigenvalue weighted by Crippen LogP contribution is -2.08. The van der Waals surface area contributed by atoms with Gasteiger partial charge in [-0.15, -0.1) is 0 Å². The summed E-state index contributed by atoms with van der Waals surface area (Å²) in [7, 11) is 0. The van der Waals surface area contributed by atoms with Gasteiger partial charge in [0.1, 0.15) is 5.76 Å². The van der Waals surface area contributed by atoms with E-state index < -0.39 is 17.2 Å². The van der Waals surface area contributed by atoms with E-state index in [0.717, 1.165) is 12.1 Å². The zero-order chi connectivity index (χ0) is 15.9. The highest BCUT2D eigenvalue weighted by molar-refractivity contribution is 5.88. The van der Waals surface area contributed by atoms with Gasteiger partial charge in [0.05, 0.1) is 16.6 Å². The summed E-state index contributed by atoms with van der Waals surface area (Å²) in [5, 5.41) is 0.230. The molecule has 0 radical (unpaired) electrons. The molecule has 3 aromatic rings. The number of halogens is 3. The van der Waals surface area contributed by atoms with Crippen molar-refractivity contribution in [3.8, 4) is 11.3 Å². The first kappa shape index (κ1) is 14.2. The molecule has 2 aromatic carbocycles. The summed E-state index contributed by atoms with van der Waals surface area (Å²) < 4.78 is 44.7. The molecule has 0 spiro atoms. The van der Waals surface area contributed by atoms with Gasteiger partial charge in [0.15, 0.2) is 11.0 Å². The normalized spacial score (nSPS) is 11.8. The number of rotatable bonds is 1. The fourth-order valence-corrected chi connectivity index (χ4v) is 2.28. The van der Waals surface area contributed by atoms with Crippen LogP contribution in [0.4, 0.5) is 18.9 Å². The number of para-hydroxylation sites is 1. The van der Waals surface area contributed by atoms with Crippen LogP contribution in [0.2, 0.25) is 0 Å². The third-order valence-electron chi connectivity index (χ3n) is 3.28. The average Bonchev–Trinajstić information content (AvgIpc) is 2.47. The first-order valence-electron chi connectivity index (χ1n) is 6.37. The van der Waals surface area contributed by atoms with Gasteiger partial charge >= 0.3 is 6.18 Å². The van der Waals surface area contributed by atoms with Crippen LogP contribution in [0.5, 0.6) is 0 Å². The van der Waals surface area contributed by atoms with E-state index in [1.807, 2.05) is 0 Å². The molecular weight excluding hydrogens is 295 g/mol. The molecule has 0 fully saturated rings. The van der Waals surface area contributed by atoms with Gasteiger partial charge in [-0.25, -0.2) is 0 Å². The van der Waals surface area contributed by atoms with Crippen LogP contribution in [0.3, 0.4) is 0 Å². The van der Waals surface area contributed by atoms with Gasteiger partial charge in [-0.2, -0.15) is 13.2 Å². The molecule has 0 bridgehead atoms. The molecule has 3 rings (SSSR count). The maximum absolute atomic E-state index is 13.1. The van der Waals surface area contributed by atoms with Gasteiger partial charge in [0.25, 0.3) is 0 Å². The second-order valence-electron chi connectivity index (χ2n) is 4.74. The van der Waals surface area contributed by atoms with Crippen LogP contribution in [0.1, 0.15) is 5.56 Å². The lowest BCUT2D eigenvalue weighted by molar-refractivity contribution is -0.137. The SMILES string of the molecule is Nc1cccc2c(=O)cc(-c3ccccc3C(F)(F)F)oc12. The lowest BCUT2D eigenvalue weighted by Gasteiger charge is -2.12. The number of benzene rings is 2. The summed E-state index contributed by atoms with van der Waals surface area (Å²) in [5.41, 5.74) is 4.51. The van der Waals surface area contributed by atoms with Crippen molar-refractivity contribution in [3.63, 3.8) is 0 Å². The Morgan fingerprint density at radius 3 is 2.45 bits per heavy atom. The van der Waals surface area contributed by atoms with E-state index in [-0.39, 0.29) is 28.0 Å². The third-order valence-corrected chi connectivity index (χ3v) is 3.28. The molecular formula is C16H10F3NO2. The molecule has 1 aromatic heterocycles. The predicted molar refractivity (Wildman–Crippen MR) is 77.3 cm³/mol. The van der Waals surface area contributed by atoms with Gasteiger partial charge in [-0.3, -0.25) is 4.79 Å². The Morgan fingerprint density at radius 2 is 1.73 bits per heavy atom. The molecule has 0 unspecified atom stereocenters. The van der Waals surface area contributed by atoms with Crippen molar-refractivity contribution >= 4 is 16.7 Å². The molecule has 2 N–H and O–H groups in total. The molecule has 0 saturated heterocycles. The molecule has 22 heavy (non-hydrogen) atoms. The molecule has 0 aliphatic heterocycles. The Kier molecular flexibility index (Phi) is 3.16. The summed E-state index contributed by atoms with van der Waals surface area (Å²) in [6, 6.07) is 10.6. The molecule has 112 valence electrons. The largest absolute Gasteiger partial charge is 0.454 e. The van der Waals surface area contributed by atoms with Crippen LogP contribution in [0.25, 0.3) is 22.3 Å². The van der Waals surface area contributed by atoms with Gasteiger partial charge in [0.2, 0.25) is 0 Å². The molecule has 0 aliphatic rings. The maximum Gasteiger partial charge on any atom is 0.417 e. The highest BCUT2D eigenvalue weighted by Gasteiger charge is 2.34. The molecule has 3 nitrogen and oxygen atoms in total. The van der Waals surface area contributed by atoms with Gasteiger partial charge in [-0.1, -0.05) is 24.3 Å². The summed E-state index contributed by atoms with van der Waals surface area (Å²) >= 11 is 0. The zero-order valence-corrected chi connectivity index (χ0v) is 11.1. The summed E-state index contributed by atoms with van der Waals surface area (Å²) in [6.45, 7) is 0. The van der Waals surface area contributed by atoms with Crippen molar-refractivity contribution in [2.45, 2.75) is 6.18 Å². The van der Waals surface area contributed by atoms with Crippen molar-refractivity contribution in [2.75, 3.05) is 5.73 Å². The molecule has 0 amide bonds. The van der Waals surface area contributed by atoms with Crippen molar-refractivity contribution < 1.29 is 17.6 Å². The quantitative estimate of drug-likeness (QED) is 0.690. The number of hydrogen-bond donors (Lipinski definition) is 1. The minimum Gasteiger partial charge on any atom is -0.454 e. The molecule has 1 heterocycles. The highest BCUT2D eigenvalue weighted by Crippen LogP contribution is 2.37. The molecule has 0 aliphatic carbocycles. The maximum atomic E-state index is 13.1. The van der Waals surface area contributed by atoms with Crippen LogP contribution in [0.15, 0.2) is 57.7 Å². The summed E-state index contributed by atoms with van der Waals surface area (Å²) in [4.78, 5) is 12.1.